The number of benzene rings is 2. The monoisotopic (exact) mass is 438 g/mol. The van der Waals surface area contributed by atoms with Crippen LogP contribution >= 0.6 is 15.9 Å². The summed E-state index contributed by atoms with van der Waals surface area (Å²) in [6, 6.07) is 14.0. The first-order chi connectivity index (χ1) is 13.4. The number of ether oxygens (including phenoxy) is 1. The number of phenolic OH excluding ortho intramolecular Hbond substituents is 2. The first-order valence-electron chi connectivity index (χ1n) is 8.35. The largest absolute Gasteiger partial charge is 0.504 e. The molecule has 7 nitrogen and oxygen atoms in total. The summed E-state index contributed by atoms with van der Waals surface area (Å²) in [5.74, 6) is -0.127. The van der Waals surface area contributed by atoms with Gasteiger partial charge < -0.3 is 14.9 Å². The summed E-state index contributed by atoms with van der Waals surface area (Å²) in [4.78, 5) is 0. The van der Waals surface area contributed by atoms with E-state index in [4.69, 9.17) is 10.5 Å². The Labute approximate surface area is 169 Å². The number of fused-ring (bicyclic) bond motifs is 1. The Morgan fingerprint density at radius 1 is 1.18 bits per heavy atom. The highest BCUT2D eigenvalue weighted by molar-refractivity contribution is 9.10. The Bertz CT molecular complexity index is 1160. The number of hydrogen-bond donors (Lipinski definition) is 3. The maximum atomic E-state index is 9.94. The van der Waals surface area contributed by atoms with E-state index in [9.17, 15) is 15.5 Å². The molecule has 0 amide bonds. The number of nitrogens with zero attached hydrogens (tertiary/aromatic N) is 3. The molecule has 1 unspecified atom stereocenters. The number of halogens is 1. The van der Waals surface area contributed by atoms with Gasteiger partial charge in [-0.05, 0) is 48.9 Å². The van der Waals surface area contributed by atoms with Crippen LogP contribution in [0.2, 0.25) is 0 Å². The molecule has 140 valence electrons. The number of rotatable bonds is 2. The predicted molar refractivity (Wildman–Crippen MR) is 106 cm³/mol. The standard InChI is InChI=1S/C20H15BrN4O3/c1-10-17-18(11-2-7-15(26)16(27)8-11)14(9-22)19(23)28-20(17)25(24-10)13-5-3-12(21)4-6-13/h2-8,19,26-27H,23H2,1H3. The molecule has 0 spiro atoms. The molecule has 0 bridgehead atoms. The summed E-state index contributed by atoms with van der Waals surface area (Å²) in [5.41, 5.74) is 9.42. The van der Waals surface area contributed by atoms with Crippen molar-refractivity contribution in [2.45, 2.75) is 13.2 Å². The second kappa shape index (κ2) is 6.71. The van der Waals surface area contributed by atoms with Gasteiger partial charge >= 0.3 is 0 Å². The number of nitriles is 1. The van der Waals surface area contributed by atoms with Crippen molar-refractivity contribution in [3.05, 3.63) is 69.3 Å². The fourth-order valence-corrected chi connectivity index (χ4v) is 3.48. The first-order valence-corrected chi connectivity index (χ1v) is 9.14. The molecule has 0 saturated heterocycles. The molecule has 1 aliphatic heterocycles. The van der Waals surface area contributed by atoms with Gasteiger partial charge in [-0.3, -0.25) is 5.73 Å². The third kappa shape index (κ3) is 2.81. The van der Waals surface area contributed by atoms with Crippen LogP contribution in [0.5, 0.6) is 17.4 Å². The average Bonchev–Trinajstić information content (AvgIpc) is 2.99. The van der Waals surface area contributed by atoms with Gasteiger partial charge in [0.1, 0.15) is 6.07 Å². The summed E-state index contributed by atoms with van der Waals surface area (Å²) in [6.07, 6.45) is -0.992. The molecule has 0 radical (unpaired) electrons. The maximum absolute atomic E-state index is 9.94. The lowest BCUT2D eigenvalue weighted by Gasteiger charge is -2.25. The zero-order valence-electron chi connectivity index (χ0n) is 14.7. The van der Waals surface area contributed by atoms with Crippen molar-refractivity contribution in [2.75, 3.05) is 0 Å². The minimum atomic E-state index is -0.992. The van der Waals surface area contributed by atoms with Crippen molar-refractivity contribution in [1.82, 2.24) is 9.78 Å². The van der Waals surface area contributed by atoms with E-state index in [2.05, 4.69) is 27.1 Å². The zero-order chi connectivity index (χ0) is 20.0. The van der Waals surface area contributed by atoms with E-state index in [-0.39, 0.29) is 17.1 Å². The van der Waals surface area contributed by atoms with Crippen LogP contribution in [0.15, 0.2) is 52.5 Å². The van der Waals surface area contributed by atoms with Crippen LogP contribution in [0, 0.1) is 18.3 Å². The Morgan fingerprint density at radius 2 is 1.89 bits per heavy atom. The first kappa shape index (κ1) is 18.1. The van der Waals surface area contributed by atoms with E-state index in [0.29, 0.717) is 28.3 Å². The molecule has 3 aromatic rings. The molecular formula is C20H15BrN4O3. The predicted octanol–water partition coefficient (Wildman–Crippen LogP) is 3.36. The Kier molecular flexibility index (Phi) is 4.34. The van der Waals surface area contributed by atoms with Crippen molar-refractivity contribution in [1.29, 1.82) is 5.26 Å². The molecule has 1 aromatic heterocycles. The van der Waals surface area contributed by atoms with Crippen LogP contribution in [-0.4, -0.2) is 26.2 Å². The molecule has 4 N–H and O–H groups in total. The van der Waals surface area contributed by atoms with Crippen molar-refractivity contribution >= 4 is 21.5 Å². The summed E-state index contributed by atoms with van der Waals surface area (Å²) >= 11 is 3.41. The molecule has 1 atom stereocenters. The molecule has 28 heavy (non-hydrogen) atoms. The molecule has 0 aliphatic carbocycles. The van der Waals surface area contributed by atoms with Crippen LogP contribution in [0.25, 0.3) is 11.3 Å². The summed E-state index contributed by atoms with van der Waals surface area (Å²) < 4.78 is 8.41. The topological polar surface area (TPSA) is 117 Å². The minimum absolute atomic E-state index is 0.219. The number of aromatic nitrogens is 2. The number of nitrogens with two attached hydrogens (primary N) is 1. The van der Waals surface area contributed by atoms with Gasteiger partial charge in [0.25, 0.3) is 0 Å². The van der Waals surface area contributed by atoms with Crippen molar-refractivity contribution in [3.8, 4) is 29.1 Å². The molecular weight excluding hydrogens is 424 g/mol. The second-order valence-corrected chi connectivity index (χ2v) is 7.21. The highest BCUT2D eigenvalue weighted by atomic mass is 79.9. The summed E-state index contributed by atoms with van der Waals surface area (Å²) in [7, 11) is 0. The van der Waals surface area contributed by atoms with Gasteiger partial charge in [0.2, 0.25) is 5.88 Å². The number of hydrogen-bond acceptors (Lipinski definition) is 6. The Morgan fingerprint density at radius 3 is 2.54 bits per heavy atom. The van der Waals surface area contributed by atoms with E-state index in [1.165, 1.54) is 12.1 Å². The fourth-order valence-electron chi connectivity index (χ4n) is 3.21. The Balaban J connectivity index is 1.98. The lowest BCUT2D eigenvalue weighted by Crippen LogP contribution is -2.33. The summed E-state index contributed by atoms with van der Waals surface area (Å²) in [6.45, 7) is 1.81. The second-order valence-electron chi connectivity index (χ2n) is 6.30. The van der Waals surface area contributed by atoms with Crippen LogP contribution in [0.1, 0.15) is 16.8 Å². The fraction of sp³-hybridized carbons (Fsp3) is 0.100. The van der Waals surface area contributed by atoms with Crippen LogP contribution in [0.3, 0.4) is 0 Å². The molecule has 0 fully saturated rings. The van der Waals surface area contributed by atoms with Crippen molar-refractivity contribution < 1.29 is 14.9 Å². The number of aryl methyl sites for hydroxylation is 1. The quantitative estimate of drug-likeness (QED) is 0.528. The molecule has 2 aromatic carbocycles. The van der Waals surface area contributed by atoms with Gasteiger partial charge in [-0.15, -0.1) is 0 Å². The highest BCUT2D eigenvalue weighted by Gasteiger charge is 2.33. The van der Waals surface area contributed by atoms with Gasteiger partial charge in [-0.1, -0.05) is 22.0 Å². The maximum Gasteiger partial charge on any atom is 0.226 e. The molecule has 8 heteroatoms. The van der Waals surface area contributed by atoms with Gasteiger partial charge in [0.15, 0.2) is 17.7 Å². The van der Waals surface area contributed by atoms with E-state index < -0.39 is 6.23 Å². The van der Waals surface area contributed by atoms with Crippen LogP contribution in [-0.2, 0) is 0 Å². The zero-order valence-corrected chi connectivity index (χ0v) is 16.3. The van der Waals surface area contributed by atoms with Gasteiger partial charge in [0.05, 0.1) is 22.5 Å². The smallest absolute Gasteiger partial charge is 0.226 e. The van der Waals surface area contributed by atoms with Crippen molar-refractivity contribution in [2.24, 2.45) is 5.73 Å². The van der Waals surface area contributed by atoms with E-state index in [1.807, 2.05) is 31.2 Å². The van der Waals surface area contributed by atoms with Crippen molar-refractivity contribution in [3.63, 3.8) is 0 Å². The van der Waals surface area contributed by atoms with E-state index in [0.717, 1.165) is 10.2 Å². The number of phenols is 2. The van der Waals surface area contributed by atoms with Gasteiger partial charge in [-0.25, -0.2) is 4.68 Å². The SMILES string of the molecule is Cc1nn(-c2ccc(Br)cc2)c2c1C(c1ccc(O)c(O)c1)=C(C#N)C(N)O2. The van der Waals surface area contributed by atoms with E-state index in [1.54, 1.807) is 10.7 Å². The summed E-state index contributed by atoms with van der Waals surface area (Å²) in [5, 5.41) is 33.8. The third-order valence-corrected chi connectivity index (χ3v) is 5.04. The lowest BCUT2D eigenvalue weighted by atomic mass is 9.91. The molecule has 4 rings (SSSR count). The number of aromatic hydroxyl groups is 2. The molecule has 0 saturated carbocycles. The van der Waals surface area contributed by atoms with E-state index >= 15 is 0 Å². The minimum Gasteiger partial charge on any atom is -0.504 e. The highest BCUT2D eigenvalue weighted by Crippen LogP contribution is 2.43. The van der Waals surface area contributed by atoms with Gasteiger partial charge in [-0.2, -0.15) is 10.4 Å². The van der Waals surface area contributed by atoms with Crippen LogP contribution in [0.4, 0.5) is 0 Å². The molecule has 1 aliphatic rings. The average molecular weight is 439 g/mol. The lowest BCUT2D eigenvalue weighted by molar-refractivity contribution is 0.228. The third-order valence-electron chi connectivity index (χ3n) is 4.52. The van der Waals surface area contributed by atoms with Gasteiger partial charge in [0, 0.05) is 10.0 Å². The Hall–Kier alpha value is -3.28. The van der Waals surface area contributed by atoms with Crippen LogP contribution < -0.4 is 10.5 Å². The normalized spacial score (nSPS) is 15.7. The molecule has 2 heterocycles.